The Morgan fingerprint density at radius 2 is 1.08 bits per heavy atom. The molecule has 23 unspecified atom stereocenters. The smallest absolute Gasteiger partial charge is 0.870 e. The van der Waals surface area contributed by atoms with Crippen molar-refractivity contribution in [1.29, 1.82) is 0 Å². The zero-order valence-electron chi connectivity index (χ0n) is 95.0. The number of carbonyl (C=O) groups is 1. The molecule has 0 aromatic heterocycles. The summed E-state index contributed by atoms with van der Waals surface area (Å²) in [5.74, 6) is 11.7. The van der Waals surface area contributed by atoms with E-state index in [0.29, 0.717) is 107 Å². The van der Waals surface area contributed by atoms with Gasteiger partial charge in [0.2, 0.25) is 5.91 Å². The molecule has 5 spiro atoms. The van der Waals surface area contributed by atoms with Crippen LogP contribution in [0, 0.1) is 64.4 Å². The molecular weight excluding hydrogens is 1980 g/mol. The Hall–Kier alpha value is -5.26. The molecule has 6 saturated heterocycles. The molecule has 0 radical (unpaired) electrons. The first kappa shape index (κ1) is 112. The van der Waals surface area contributed by atoms with Crippen LogP contribution in [-0.2, 0) is 69.4 Å². The molecule has 11 aliphatic heterocycles. The van der Waals surface area contributed by atoms with Crippen LogP contribution in [0.2, 0.25) is 0 Å². The number of carbonyl (C=O) groups excluding carboxylic acids is 1. The number of nitrogens with zero attached hydrogens (tertiary/aromatic N) is 7. The first-order valence-corrected chi connectivity index (χ1v) is 57.1. The minimum absolute atomic E-state index is 0. The summed E-state index contributed by atoms with van der Waals surface area (Å²) in [6.07, 6.45) is 31.4. The number of para-hydroxylation sites is 1. The van der Waals surface area contributed by atoms with Gasteiger partial charge in [-0.3, -0.25) is 9.69 Å². The number of ether oxygens (including phenoxy) is 5. The summed E-state index contributed by atoms with van der Waals surface area (Å²) in [6, 6.07) is 54.2. The second kappa shape index (κ2) is 41.9. The van der Waals surface area contributed by atoms with Crippen LogP contribution in [0.15, 0.2) is 193 Å². The maximum absolute atomic E-state index is 12.8. The molecule has 10 bridgehead atoms. The molecule has 7 aromatic carbocycles. The molecule has 28 rings (SSSR count). The number of hydrogen-bond donors (Lipinski definition) is 0. The topological polar surface area (TPSA) is 146 Å². The van der Waals surface area contributed by atoms with Gasteiger partial charge in [-0.05, 0) is 332 Å². The molecular formula is C132H171N7O8Rb2-2. The van der Waals surface area contributed by atoms with Crippen LogP contribution in [0.5, 0.6) is 28.7 Å². The third-order valence-electron chi connectivity index (χ3n) is 42.8. The molecule has 7 aromatic rings. The van der Waals surface area contributed by atoms with E-state index in [0.717, 1.165) is 87.7 Å². The van der Waals surface area contributed by atoms with Gasteiger partial charge in [0.25, 0.3) is 0 Å². The van der Waals surface area contributed by atoms with Crippen molar-refractivity contribution >= 4 is 11.6 Å². The van der Waals surface area contributed by atoms with E-state index in [1.165, 1.54) is 192 Å². The van der Waals surface area contributed by atoms with Gasteiger partial charge in [0.05, 0.1) is 5.41 Å². The molecule has 10 aliphatic carbocycles. The number of hydrogen-bond acceptors (Lipinski definition) is 14. The Morgan fingerprint density at radius 3 is 1.73 bits per heavy atom. The first-order chi connectivity index (χ1) is 69.4. The van der Waals surface area contributed by atoms with Crippen LogP contribution in [0.25, 0.3) is 0 Å². The van der Waals surface area contributed by atoms with Crippen molar-refractivity contribution in [1.82, 2.24) is 29.4 Å². The van der Waals surface area contributed by atoms with E-state index in [2.05, 4.69) is 340 Å². The van der Waals surface area contributed by atoms with Crippen LogP contribution in [0.3, 0.4) is 0 Å². The van der Waals surface area contributed by atoms with Crippen molar-refractivity contribution in [2.75, 3.05) is 92.5 Å². The molecule has 149 heavy (non-hydrogen) atoms. The Balaban J connectivity index is 0.000000112. The van der Waals surface area contributed by atoms with Crippen LogP contribution >= 0.6 is 0 Å². The van der Waals surface area contributed by atoms with Gasteiger partial charge in [-0.1, -0.05) is 240 Å². The maximum Gasteiger partial charge on any atom is 1.00 e. The molecule has 11 heterocycles. The van der Waals surface area contributed by atoms with Crippen molar-refractivity contribution < 1.29 is 156 Å². The monoisotopic (exact) mass is 2150 g/mol. The van der Waals surface area contributed by atoms with Crippen LogP contribution in [-0.4, -0.2) is 201 Å². The fourth-order valence-corrected chi connectivity index (χ4v) is 35.7. The Morgan fingerprint density at radius 1 is 0.523 bits per heavy atom. The first-order valence-electron chi connectivity index (χ1n) is 57.1. The summed E-state index contributed by atoms with van der Waals surface area (Å²) >= 11 is 0. The molecule has 15 nitrogen and oxygen atoms in total. The van der Waals surface area contributed by atoms with Crippen LogP contribution in [0.4, 0.5) is 5.69 Å². The van der Waals surface area contributed by atoms with Crippen molar-refractivity contribution in [2.45, 2.75) is 350 Å². The second-order valence-electron chi connectivity index (χ2n) is 52.2. The number of piperidine rings is 6. The number of anilines is 1. The minimum Gasteiger partial charge on any atom is -0.870 e. The molecule has 786 valence electrons. The largest absolute Gasteiger partial charge is 1.00 e. The normalized spacial score (nSPS) is 34.2. The van der Waals surface area contributed by atoms with Gasteiger partial charge in [-0.25, -0.2) is 0 Å². The van der Waals surface area contributed by atoms with E-state index < -0.39 is 0 Å². The molecule has 2 N–H and O–H groups in total. The number of allylic oxidation sites excluding steroid dienone is 2. The van der Waals surface area contributed by atoms with Crippen molar-refractivity contribution in [3.63, 3.8) is 0 Å². The van der Waals surface area contributed by atoms with E-state index in [9.17, 15) is 4.79 Å². The summed E-state index contributed by atoms with van der Waals surface area (Å²) in [6.45, 7) is 61.7. The van der Waals surface area contributed by atoms with Crippen molar-refractivity contribution in [3.05, 3.63) is 283 Å². The molecule has 23 atom stereocenters. The number of likely N-dealkylation sites (N-methyl/N-ethyl adjacent to an activating group) is 5. The van der Waals surface area contributed by atoms with Gasteiger partial charge in [-0.15, -0.1) is 34.4 Å². The van der Waals surface area contributed by atoms with Crippen LogP contribution < -0.4 is 145 Å². The Kier molecular flexibility index (Phi) is 31.5. The van der Waals surface area contributed by atoms with E-state index in [4.69, 9.17) is 23.7 Å². The molecule has 17 heteroatoms. The maximum atomic E-state index is 12.8. The Labute approximate surface area is 992 Å². The number of rotatable bonds is 11. The van der Waals surface area contributed by atoms with Gasteiger partial charge < -0.3 is 64.0 Å². The fraction of sp³-hybridized carbons (Fsp3) is 0.583. The van der Waals surface area contributed by atoms with Crippen molar-refractivity contribution in [2.24, 2.45) is 52.3 Å². The minimum atomic E-state index is 0. The quantitative estimate of drug-likeness (QED) is 0.0894. The predicted octanol–water partition coefficient (Wildman–Crippen LogP) is 18.8. The van der Waals surface area contributed by atoms with E-state index in [-0.39, 0.29) is 196 Å². The van der Waals surface area contributed by atoms with Gasteiger partial charge in [-0.2, -0.15) is 24.3 Å². The zero-order valence-corrected chi connectivity index (χ0v) is 105. The molecule has 21 aliphatic rings. The molecule has 1 amide bonds. The van der Waals surface area contributed by atoms with E-state index in [1.807, 2.05) is 25.1 Å². The average molecular weight is 2150 g/mol. The number of likely N-dealkylation sites (tertiary alicyclic amines) is 6. The Bertz CT molecular complexity index is 6370. The number of benzene rings is 7. The zero-order chi connectivity index (χ0) is 101. The summed E-state index contributed by atoms with van der Waals surface area (Å²) < 4.78 is 33.3. The SMILES string of the molecule is C=C1CCC2(C(C)C)C3Cc4cc[c-]c5c4C2(CCN3C)C1O5.C=C1CCC2(C)C3Cc4ccc(C(C)C)c5c4C2(CCN3C)C1O5.C=C1CCC2C3Cc4ccc(C(C)(C)C)c5c4C2(CCN3C)C1O5.CC(C)C1C=CC2C3Cc4cc[c-]c5c4C2(CCN3C)C1O5.CC1=CC=C2C3Cc4ccc(C(C)C)c5c4C2(CCN3C)C1O5.CCC(=O)N(c1ccccc1)C1CCN(CC(c2ccccc2)C(C)C)CC1C.[OH-].[OH-].[Rb+].[Rb+]. The number of amides is 1. The average Bonchev–Trinajstić information content (AvgIpc) is 1.53. The molecule has 9 fully saturated rings. The summed E-state index contributed by atoms with van der Waals surface area (Å²) in [4.78, 5) is 30.5. The van der Waals surface area contributed by atoms with Gasteiger partial charge in [0.1, 0.15) is 47.8 Å². The van der Waals surface area contributed by atoms with Gasteiger partial charge >= 0.3 is 116 Å². The van der Waals surface area contributed by atoms with Gasteiger partial charge in [0.15, 0.2) is 0 Å². The van der Waals surface area contributed by atoms with E-state index in [1.54, 1.807) is 27.8 Å². The molecule has 3 saturated carbocycles. The summed E-state index contributed by atoms with van der Waals surface area (Å²) in [7, 11) is 11.6. The van der Waals surface area contributed by atoms with Crippen molar-refractivity contribution in [3.8, 4) is 28.7 Å². The van der Waals surface area contributed by atoms with Crippen LogP contribution in [0.1, 0.15) is 297 Å². The standard InChI is InChI=1S/C26H36N2O.2C22H29NO.C21H25NO.C21H26NO.C20H24NO.2H2O.2Rb/c1-5-26(29)28(23-14-10-7-11-15-23)25-16-17-27(18-21(25)4)19-24(20(2)3)22-12-8-6-9-13-22;1-13-6-8-15-17-12-14-7-9-16(21(2,3)4)19-18(14)22(15,20(13)24-19)10-11-23(17)5;1-13(2)16-7-6-15-12-17-21(4)9-8-14(3)20-22(21,10-11-23(17)5)18(15)19(16)24-20;1-12(2)15-7-6-14-11-17-16-8-5-13(3)20-21(16,9-10-22(17)4)18(14)19(15)23-20;1-13(2)20-9-8-14(3)19-21(20)10-11-22(4)17(20)12-15-6-5-7-16(23-19)18(15)21;1-12(2)14-7-8-15-16-11-13-5-4-6-17-18(13)20(15,19(14)22-17)9-10-21(16)3;;;;/h6-15,20-21,24-25H,5,16-19H2,1-4H3;7,9,15,17,20H,1,6,8,10-12H2,2-5H3;6-7,13,17,20H,3,8-12H2,1-2,4-5H3;5-8,12,17,20H,9-11H2,1-4H3;5-6,13,17,19H,3,8-12H2,1-2,4H3;4-5,7-8,12,14-16,19H,9-11H2,1-3H3;2*1H2;;/q;;;;2*-1;;;2*+1/p-2. The summed E-state index contributed by atoms with van der Waals surface area (Å²) in [5, 5.41) is 0. The third kappa shape index (κ3) is 16.8. The van der Waals surface area contributed by atoms with E-state index >= 15 is 0 Å². The van der Waals surface area contributed by atoms with Gasteiger partial charge in [0, 0.05) is 124 Å². The predicted molar refractivity (Wildman–Crippen MR) is 594 cm³/mol. The second-order valence-corrected chi connectivity index (χ2v) is 52.2. The third-order valence-corrected chi connectivity index (χ3v) is 42.8. The summed E-state index contributed by atoms with van der Waals surface area (Å²) in [5.41, 5.74) is 30.5. The fourth-order valence-electron chi connectivity index (χ4n) is 35.7.